The predicted octanol–water partition coefficient (Wildman–Crippen LogP) is 1.94. The van der Waals surface area contributed by atoms with Crippen molar-refractivity contribution in [2.45, 2.75) is 32.1 Å². The standard InChI is InChI=1S/C16H20N2O2/c1-10(2)9-18-14(19)11-7-16(8-11,15(18)20)12-3-5-13(17)6-4-12/h3-6,10-11H,7-9,17H2,1-2H3. The van der Waals surface area contributed by atoms with Gasteiger partial charge < -0.3 is 5.73 Å². The molecular weight excluding hydrogens is 252 g/mol. The van der Waals surface area contributed by atoms with E-state index >= 15 is 0 Å². The third-order valence-corrected chi connectivity index (χ3v) is 4.47. The maximum atomic E-state index is 12.8. The Labute approximate surface area is 118 Å². The predicted molar refractivity (Wildman–Crippen MR) is 76.8 cm³/mol. The second kappa shape index (κ2) is 4.33. The molecule has 0 spiro atoms. The van der Waals surface area contributed by atoms with Crippen LogP contribution in [0.4, 0.5) is 5.69 Å². The molecule has 2 heterocycles. The molecule has 2 N–H and O–H groups in total. The molecule has 4 heteroatoms. The number of piperidine rings is 2. The lowest BCUT2D eigenvalue weighted by Crippen LogP contribution is -2.66. The summed E-state index contributed by atoms with van der Waals surface area (Å²) in [7, 11) is 0. The Hall–Kier alpha value is -1.84. The van der Waals surface area contributed by atoms with Crippen molar-refractivity contribution in [1.29, 1.82) is 0 Å². The van der Waals surface area contributed by atoms with E-state index in [1.54, 1.807) is 0 Å². The Kier molecular flexibility index (Phi) is 2.85. The molecule has 0 atom stereocenters. The number of anilines is 1. The number of benzene rings is 1. The van der Waals surface area contributed by atoms with Crippen LogP contribution in [-0.4, -0.2) is 23.3 Å². The summed E-state index contributed by atoms with van der Waals surface area (Å²) in [6.45, 7) is 4.57. The molecule has 1 aromatic rings. The minimum Gasteiger partial charge on any atom is -0.399 e. The molecule has 2 saturated heterocycles. The molecule has 1 aliphatic carbocycles. The minimum atomic E-state index is -0.485. The van der Waals surface area contributed by atoms with Crippen molar-refractivity contribution >= 4 is 17.5 Å². The summed E-state index contributed by atoms with van der Waals surface area (Å²) in [6.07, 6.45) is 1.31. The lowest BCUT2D eigenvalue weighted by Gasteiger charge is -2.54. The van der Waals surface area contributed by atoms with E-state index in [0.717, 1.165) is 5.56 Å². The number of fused-ring (bicyclic) bond motifs is 2. The molecule has 4 rings (SSSR count). The van der Waals surface area contributed by atoms with E-state index in [-0.39, 0.29) is 17.7 Å². The van der Waals surface area contributed by atoms with E-state index in [1.807, 2.05) is 38.1 Å². The van der Waals surface area contributed by atoms with Crippen LogP contribution in [0.15, 0.2) is 24.3 Å². The first-order valence-electron chi connectivity index (χ1n) is 7.16. The van der Waals surface area contributed by atoms with E-state index in [4.69, 9.17) is 5.73 Å². The maximum Gasteiger partial charge on any atom is 0.239 e. The number of nitrogens with two attached hydrogens (primary N) is 1. The normalized spacial score (nSPS) is 28.8. The number of carbonyl (C=O) groups excluding carboxylic acids is 2. The van der Waals surface area contributed by atoms with E-state index < -0.39 is 5.41 Å². The Morgan fingerprint density at radius 1 is 1.25 bits per heavy atom. The summed E-state index contributed by atoms with van der Waals surface area (Å²) in [6, 6.07) is 7.50. The number of nitrogen functional groups attached to an aromatic ring is 1. The highest BCUT2D eigenvalue weighted by Gasteiger charge is 2.61. The van der Waals surface area contributed by atoms with Crippen molar-refractivity contribution in [2.24, 2.45) is 11.8 Å². The molecule has 0 radical (unpaired) electrons. The van der Waals surface area contributed by atoms with Gasteiger partial charge in [-0.05, 0) is 36.5 Å². The molecule has 3 aliphatic rings. The second-order valence-corrected chi connectivity index (χ2v) is 6.46. The Morgan fingerprint density at radius 2 is 1.85 bits per heavy atom. The monoisotopic (exact) mass is 272 g/mol. The zero-order valence-corrected chi connectivity index (χ0v) is 11.9. The van der Waals surface area contributed by atoms with Crippen molar-refractivity contribution in [3.63, 3.8) is 0 Å². The molecule has 2 amide bonds. The fraction of sp³-hybridized carbons (Fsp3) is 0.500. The van der Waals surface area contributed by atoms with Crippen LogP contribution in [0.5, 0.6) is 0 Å². The molecule has 20 heavy (non-hydrogen) atoms. The summed E-state index contributed by atoms with van der Waals surface area (Å²) >= 11 is 0. The first kappa shape index (κ1) is 13.2. The SMILES string of the molecule is CC(C)CN1C(=O)C2CC(c3ccc(N)cc3)(C2)C1=O. The van der Waals surface area contributed by atoms with Gasteiger partial charge in [0.05, 0.1) is 5.41 Å². The van der Waals surface area contributed by atoms with Gasteiger partial charge in [0.25, 0.3) is 0 Å². The zero-order chi connectivity index (χ0) is 14.5. The van der Waals surface area contributed by atoms with Crippen LogP contribution in [0.1, 0.15) is 32.3 Å². The number of imide groups is 1. The number of rotatable bonds is 3. The molecule has 2 aliphatic heterocycles. The molecule has 0 unspecified atom stereocenters. The highest BCUT2D eigenvalue weighted by molar-refractivity contribution is 6.07. The Bertz CT molecular complexity index is 556. The molecule has 2 bridgehead atoms. The first-order valence-corrected chi connectivity index (χ1v) is 7.16. The van der Waals surface area contributed by atoms with Crippen LogP contribution in [0.3, 0.4) is 0 Å². The van der Waals surface area contributed by atoms with Crippen LogP contribution < -0.4 is 5.73 Å². The summed E-state index contributed by atoms with van der Waals surface area (Å²) in [5.74, 6) is 0.303. The van der Waals surface area contributed by atoms with Gasteiger partial charge in [-0.1, -0.05) is 26.0 Å². The van der Waals surface area contributed by atoms with Crippen molar-refractivity contribution in [2.75, 3.05) is 12.3 Å². The van der Waals surface area contributed by atoms with Gasteiger partial charge in [-0.15, -0.1) is 0 Å². The number of hydrogen-bond donors (Lipinski definition) is 1. The number of amides is 2. The smallest absolute Gasteiger partial charge is 0.239 e. The molecule has 106 valence electrons. The van der Waals surface area contributed by atoms with Gasteiger partial charge >= 0.3 is 0 Å². The van der Waals surface area contributed by atoms with Crippen LogP contribution >= 0.6 is 0 Å². The average molecular weight is 272 g/mol. The molecule has 0 aromatic heterocycles. The molecule has 1 saturated carbocycles. The topological polar surface area (TPSA) is 63.4 Å². The molecule has 3 fully saturated rings. The molecule has 1 aromatic carbocycles. The highest BCUT2D eigenvalue weighted by Crippen LogP contribution is 2.53. The summed E-state index contributed by atoms with van der Waals surface area (Å²) in [5.41, 5.74) is 6.92. The second-order valence-electron chi connectivity index (χ2n) is 6.46. The third-order valence-electron chi connectivity index (χ3n) is 4.47. The van der Waals surface area contributed by atoms with Gasteiger partial charge in [-0.2, -0.15) is 0 Å². The highest BCUT2D eigenvalue weighted by atomic mass is 16.2. The lowest BCUT2D eigenvalue weighted by molar-refractivity contribution is -0.169. The van der Waals surface area contributed by atoms with Crippen LogP contribution in [0.2, 0.25) is 0 Å². The van der Waals surface area contributed by atoms with Crippen LogP contribution in [0.25, 0.3) is 0 Å². The quantitative estimate of drug-likeness (QED) is 0.675. The van der Waals surface area contributed by atoms with Gasteiger partial charge in [-0.3, -0.25) is 14.5 Å². The molecule has 4 nitrogen and oxygen atoms in total. The average Bonchev–Trinajstić information content (AvgIpc) is 2.34. The third kappa shape index (κ3) is 1.74. The van der Waals surface area contributed by atoms with Gasteiger partial charge in [0.2, 0.25) is 11.8 Å². The van der Waals surface area contributed by atoms with E-state index in [0.29, 0.717) is 31.0 Å². The summed E-state index contributed by atoms with van der Waals surface area (Å²) < 4.78 is 0. The maximum absolute atomic E-state index is 12.8. The van der Waals surface area contributed by atoms with Crippen LogP contribution in [0, 0.1) is 11.8 Å². The molecular formula is C16H20N2O2. The van der Waals surface area contributed by atoms with Gasteiger partial charge in [0.15, 0.2) is 0 Å². The van der Waals surface area contributed by atoms with Crippen LogP contribution in [-0.2, 0) is 15.0 Å². The van der Waals surface area contributed by atoms with Gasteiger partial charge in [0.1, 0.15) is 0 Å². The van der Waals surface area contributed by atoms with Crippen molar-refractivity contribution in [3.05, 3.63) is 29.8 Å². The minimum absolute atomic E-state index is 0.0148. The Morgan fingerprint density at radius 3 is 2.40 bits per heavy atom. The van der Waals surface area contributed by atoms with Gasteiger partial charge in [0, 0.05) is 18.2 Å². The summed E-state index contributed by atoms with van der Waals surface area (Å²) in [5, 5.41) is 0. The van der Waals surface area contributed by atoms with E-state index in [2.05, 4.69) is 0 Å². The summed E-state index contributed by atoms with van der Waals surface area (Å²) in [4.78, 5) is 26.5. The number of hydrogen-bond acceptors (Lipinski definition) is 3. The number of carbonyl (C=O) groups is 2. The number of nitrogens with zero attached hydrogens (tertiary/aromatic N) is 1. The fourth-order valence-electron chi connectivity index (χ4n) is 3.41. The van der Waals surface area contributed by atoms with Gasteiger partial charge in [-0.25, -0.2) is 0 Å². The lowest BCUT2D eigenvalue weighted by atomic mass is 9.55. The zero-order valence-electron chi connectivity index (χ0n) is 11.9. The van der Waals surface area contributed by atoms with Crippen molar-refractivity contribution in [3.8, 4) is 0 Å². The van der Waals surface area contributed by atoms with E-state index in [9.17, 15) is 9.59 Å². The first-order chi connectivity index (χ1) is 9.44. The van der Waals surface area contributed by atoms with Crippen molar-refractivity contribution in [1.82, 2.24) is 4.90 Å². The van der Waals surface area contributed by atoms with E-state index in [1.165, 1.54) is 4.90 Å². The Balaban J connectivity index is 1.94. The van der Waals surface area contributed by atoms with Crippen molar-refractivity contribution < 1.29 is 9.59 Å². The fourth-order valence-corrected chi connectivity index (χ4v) is 3.41. The largest absolute Gasteiger partial charge is 0.399 e.